The first-order chi connectivity index (χ1) is 12.5. The lowest BCUT2D eigenvalue weighted by Gasteiger charge is -2.05. The summed E-state index contributed by atoms with van der Waals surface area (Å²) in [6.07, 6.45) is 11.1. The van der Waals surface area contributed by atoms with Gasteiger partial charge in [0.2, 0.25) is 0 Å². The Labute approximate surface area is 159 Å². The van der Waals surface area contributed by atoms with Crippen molar-refractivity contribution in [3.8, 4) is 0 Å². The SMILES string of the molecule is C/C=C\C.C=C(Nc1ccon1)C(C)=N/C=C(C)/C(C=NC)=C/C.CC. The Kier molecular flexibility index (Phi) is 16.8. The van der Waals surface area contributed by atoms with Crippen LogP contribution in [0.25, 0.3) is 0 Å². The van der Waals surface area contributed by atoms with Crippen LogP contribution < -0.4 is 5.32 Å². The summed E-state index contributed by atoms with van der Waals surface area (Å²) in [5, 5.41) is 6.77. The van der Waals surface area contributed by atoms with Gasteiger partial charge in [0.15, 0.2) is 5.82 Å². The minimum Gasteiger partial charge on any atom is -0.363 e. The van der Waals surface area contributed by atoms with Gasteiger partial charge >= 0.3 is 0 Å². The Bertz CT molecular complexity index is 629. The maximum atomic E-state index is 4.74. The molecule has 1 rings (SSSR count). The molecule has 0 saturated heterocycles. The van der Waals surface area contributed by atoms with E-state index in [0.717, 1.165) is 16.9 Å². The lowest BCUT2D eigenvalue weighted by atomic mass is 10.1. The topological polar surface area (TPSA) is 62.8 Å². The maximum Gasteiger partial charge on any atom is 0.173 e. The molecule has 144 valence electrons. The second-order valence-corrected chi connectivity index (χ2v) is 4.81. The fourth-order valence-electron chi connectivity index (χ4n) is 1.41. The van der Waals surface area contributed by atoms with E-state index in [-0.39, 0.29) is 0 Å². The first-order valence-electron chi connectivity index (χ1n) is 8.74. The molecule has 1 aromatic heterocycles. The molecule has 0 aliphatic heterocycles. The van der Waals surface area contributed by atoms with Crippen molar-refractivity contribution in [1.29, 1.82) is 0 Å². The van der Waals surface area contributed by atoms with Gasteiger partial charge in [0.05, 0.1) is 11.4 Å². The van der Waals surface area contributed by atoms with E-state index in [4.69, 9.17) is 4.52 Å². The zero-order valence-electron chi connectivity index (χ0n) is 17.5. The maximum absolute atomic E-state index is 4.74. The van der Waals surface area contributed by atoms with Crippen LogP contribution in [-0.4, -0.2) is 24.1 Å². The second-order valence-electron chi connectivity index (χ2n) is 4.81. The van der Waals surface area contributed by atoms with Crippen LogP contribution in [0.4, 0.5) is 5.82 Å². The van der Waals surface area contributed by atoms with E-state index < -0.39 is 0 Å². The summed E-state index contributed by atoms with van der Waals surface area (Å²) in [6, 6.07) is 1.72. The van der Waals surface area contributed by atoms with Crippen molar-refractivity contribution in [1.82, 2.24) is 5.16 Å². The average molecular weight is 359 g/mol. The summed E-state index contributed by atoms with van der Waals surface area (Å²) < 4.78 is 4.74. The van der Waals surface area contributed by atoms with Gasteiger partial charge in [-0.1, -0.05) is 43.8 Å². The Hall–Kier alpha value is -2.69. The third-order valence-electron chi connectivity index (χ3n) is 2.97. The smallest absolute Gasteiger partial charge is 0.173 e. The molecular formula is C21H34N4O. The van der Waals surface area contributed by atoms with Gasteiger partial charge in [0, 0.05) is 25.5 Å². The van der Waals surface area contributed by atoms with E-state index >= 15 is 0 Å². The predicted molar refractivity (Wildman–Crippen MR) is 116 cm³/mol. The van der Waals surface area contributed by atoms with E-state index in [1.54, 1.807) is 25.5 Å². The molecule has 0 aromatic carbocycles. The van der Waals surface area contributed by atoms with E-state index in [9.17, 15) is 0 Å². The van der Waals surface area contributed by atoms with Crippen molar-refractivity contribution in [3.63, 3.8) is 0 Å². The highest BCUT2D eigenvalue weighted by Crippen LogP contribution is 2.09. The van der Waals surface area contributed by atoms with Crippen molar-refractivity contribution in [2.45, 2.75) is 48.5 Å². The minimum atomic E-state index is 0.609. The number of hydrogen-bond acceptors (Lipinski definition) is 5. The van der Waals surface area contributed by atoms with Crippen LogP contribution in [0.2, 0.25) is 0 Å². The first kappa shape index (κ1) is 25.5. The number of aliphatic imine (C=N–C) groups is 2. The fraction of sp³-hybridized carbons (Fsp3) is 0.381. The van der Waals surface area contributed by atoms with Crippen LogP contribution in [0.1, 0.15) is 48.5 Å². The molecule has 0 unspecified atom stereocenters. The average Bonchev–Trinajstić information content (AvgIpc) is 3.18. The fourth-order valence-corrected chi connectivity index (χ4v) is 1.41. The number of allylic oxidation sites excluding steroid dienone is 6. The summed E-state index contributed by atoms with van der Waals surface area (Å²) in [4.78, 5) is 8.40. The molecule has 0 aliphatic rings. The third-order valence-corrected chi connectivity index (χ3v) is 2.97. The van der Waals surface area contributed by atoms with Crippen molar-refractivity contribution in [3.05, 3.63) is 60.2 Å². The van der Waals surface area contributed by atoms with Crippen LogP contribution >= 0.6 is 0 Å². The summed E-state index contributed by atoms with van der Waals surface area (Å²) in [7, 11) is 1.75. The lowest BCUT2D eigenvalue weighted by molar-refractivity contribution is 0.423. The van der Waals surface area contributed by atoms with Crippen molar-refractivity contribution >= 4 is 17.7 Å². The summed E-state index contributed by atoms with van der Waals surface area (Å²) in [5.41, 5.74) is 3.52. The van der Waals surface area contributed by atoms with Crippen molar-refractivity contribution < 1.29 is 4.52 Å². The van der Waals surface area contributed by atoms with Crippen LogP contribution in [-0.2, 0) is 0 Å². The zero-order chi connectivity index (χ0) is 20.4. The number of aromatic nitrogens is 1. The van der Waals surface area contributed by atoms with E-state index in [1.165, 1.54) is 6.26 Å². The molecule has 0 radical (unpaired) electrons. The van der Waals surface area contributed by atoms with Gasteiger partial charge in [0.1, 0.15) is 6.26 Å². The Morgan fingerprint density at radius 2 is 1.81 bits per heavy atom. The van der Waals surface area contributed by atoms with Gasteiger partial charge in [-0.25, -0.2) is 0 Å². The summed E-state index contributed by atoms with van der Waals surface area (Å²) in [5.74, 6) is 0.609. The third kappa shape index (κ3) is 11.8. The predicted octanol–water partition coefficient (Wildman–Crippen LogP) is 6.22. The molecule has 5 nitrogen and oxygen atoms in total. The molecule has 1 aromatic rings. The molecule has 0 atom stereocenters. The van der Waals surface area contributed by atoms with Gasteiger partial charge in [0.25, 0.3) is 0 Å². The minimum absolute atomic E-state index is 0.609. The summed E-state index contributed by atoms with van der Waals surface area (Å²) >= 11 is 0. The van der Waals surface area contributed by atoms with Crippen molar-refractivity contribution in [2.75, 3.05) is 12.4 Å². The van der Waals surface area contributed by atoms with Gasteiger partial charge < -0.3 is 9.84 Å². The van der Waals surface area contributed by atoms with Crippen molar-refractivity contribution in [2.24, 2.45) is 9.98 Å². The number of nitrogens with zero attached hydrogens (tertiary/aromatic N) is 3. The van der Waals surface area contributed by atoms with Crippen LogP contribution in [0.15, 0.2) is 74.7 Å². The first-order valence-corrected chi connectivity index (χ1v) is 8.74. The molecule has 0 fully saturated rings. The Morgan fingerprint density at radius 1 is 1.19 bits per heavy atom. The monoisotopic (exact) mass is 358 g/mol. The molecule has 0 amide bonds. The molecule has 0 saturated carbocycles. The van der Waals surface area contributed by atoms with Gasteiger partial charge in [-0.05, 0) is 45.8 Å². The molecule has 0 spiro atoms. The van der Waals surface area contributed by atoms with Crippen LogP contribution in [0.3, 0.4) is 0 Å². The molecule has 0 aliphatic carbocycles. The molecule has 1 N–H and O–H groups in total. The van der Waals surface area contributed by atoms with E-state index in [0.29, 0.717) is 11.5 Å². The molecule has 0 bridgehead atoms. The quantitative estimate of drug-likeness (QED) is 0.373. The van der Waals surface area contributed by atoms with Gasteiger partial charge in [-0.15, -0.1) is 0 Å². The van der Waals surface area contributed by atoms with E-state index in [2.05, 4.69) is 27.0 Å². The number of anilines is 1. The number of nitrogens with one attached hydrogen (secondary N) is 1. The zero-order valence-corrected chi connectivity index (χ0v) is 17.5. The van der Waals surface area contributed by atoms with Crippen LogP contribution in [0, 0.1) is 0 Å². The Morgan fingerprint density at radius 3 is 2.23 bits per heavy atom. The molecule has 5 heteroatoms. The lowest BCUT2D eigenvalue weighted by Crippen LogP contribution is -2.06. The number of hydrogen-bond donors (Lipinski definition) is 1. The standard InChI is InChI=1S/C15H20N4O.C4H8.C2H6/c1-6-14(10-16-5)11(2)9-17-12(3)13(4)18-15-7-8-20-19-15;1-3-4-2;1-2/h6-10H,4H2,1-3,5H3,(H,18,19);3-4H,1-2H3;1-2H3/b11-9+,14-6+,16-10?,17-12?;4-3-;. The van der Waals surface area contributed by atoms with Crippen LogP contribution in [0.5, 0.6) is 0 Å². The molecule has 26 heavy (non-hydrogen) atoms. The largest absolute Gasteiger partial charge is 0.363 e. The van der Waals surface area contributed by atoms with E-state index in [1.807, 2.05) is 66.7 Å². The number of rotatable bonds is 6. The summed E-state index contributed by atoms with van der Waals surface area (Å²) in [6.45, 7) is 17.7. The van der Waals surface area contributed by atoms with Gasteiger partial charge in [-0.2, -0.15) is 0 Å². The second kappa shape index (κ2) is 17.1. The highest BCUT2D eigenvalue weighted by atomic mass is 16.5. The highest BCUT2D eigenvalue weighted by molar-refractivity contribution is 6.00. The normalized spacial score (nSPS) is 12.4. The Balaban J connectivity index is 0. The molecule has 1 heterocycles. The van der Waals surface area contributed by atoms with Gasteiger partial charge in [-0.3, -0.25) is 9.98 Å². The molecular weight excluding hydrogens is 324 g/mol. The highest BCUT2D eigenvalue weighted by Gasteiger charge is 2.01.